The summed E-state index contributed by atoms with van der Waals surface area (Å²) < 4.78 is 16.6. The molecule has 1 N–H and O–H groups in total. The average Bonchev–Trinajstić information content (AvgIpc) is 2.47. The maximum atomic E-state index is 11.2. The molecule has 0 bridgehead atoms. The molecule has 20 heavy (non-hydrogen) atoms. The van der Waals surface area contributed by atoms with Gasteiger partial charge in [-0.2, -0.15) is 0 Å². The van der Waals surface area contributed by atoms with E-state index in [1.807, 2.05) is 0 Å². The van der Waals surface area contributed by atoms with Crippen LogP contribution in [0.2, 0.25) is 0 Å². The Morgan fingerprint density at radius 1 is 1.30 bits per heavy atom. The number of ether oxygens (including phenoxy) is 3. The molecule has 0 spiro atoms. The molecular weight excluding hydrogens is 264 g/mol. The summed E-state index contributed by atoms with van der Waals surface area (Å²) in [6.45, 7) is 2.50. The van der Waals surface area contributed by atoms with Crippen molar-refractivity contribution >= 4 is 5.69 Å². The van der Waals surface area contributed by atoms with Gasteiger partial charge in [-0.05, 0) is 19.4 Å². The van der Waals surface area contributed by atoms with E-state index in [2.05, 4.69) is 5.32 Å². The smallest absolute Gasteiger partial charge is 0.314 e. The average molecular weight is 280 g/mol. The van der Waals surface area contributed by atoms with Crippen LogP contribution in [0.5, 0.6) is 17.2 Å². The highest BCUT2D eigenvalue weighted by Crippen LogP contribution is 2.41. The number of nitro groups is 1. The third kappa shape index (κ3) is 2.62. The molecule has 108 valence electrons. The Kier molecular flexibility index (Phi) is 3.60. The minimum atomic E-state index is -0.455. The summed E-state index contributed by atoms with van der Waals surface area (Å²) in [6.07, 6.45) is 1.84. The minimum Gasteiger partial charge on any atom is -0.486 e. The molecule has 0 aliphatic carbocycles. The lowest BCUT2D eigenvalue weighted by atomic mass is 10.1. The lowest BCUT2D eigenvalue weighted by Crippen LogP contribution is -2.37. The molecular formula is C13H16N2O5. The summed E-state index contributed by atoms with van der Waals surface area (Å²) in [5, 5.41) is 14.4. The number of piperidine rings is 1. The fourth-order valence-electron chi connectivity index (χ4n) is 2.40. The number of fused-ring (bicyclic) bond motifs is 1. The van der Waals surface area contributed by atoms with Crippen LogP contribution in [-0.4, -0.2) is 37.3 Å². The predicted octanol–water partition coefficient (Wildman–Crippen LogP) is 1.50. The van der Waals surface area contributed by atoms with Crippen molar-refractivity contribution in [3.63, 3.8) is 0 Å². The van der Waals surface area contributed by atoms with Crippen LogP contribution in [0.4, 0.5) is 5.69 Å². The number of nitrogens with zero attached hydrogens (tertiary/aromatic N) is 1. The summed E-state index contributed by atoms with van der Waals surface area (Å²) in [7, 11) is 0. The second kappa shape index (κ2) is 5.54. The number of hydrogen-bond acceptors (Lipinski definition) is 6. The van der Waals surface area contributed by atoms with E-state index in [9.17, 15) is 10.1 Å². The van der Waals surface area contributed by atoms with Gasteiger partial charge in [0.25, 0.3) is 0 Å². The summed E-state index contributed by atoms with van der Waals surface area (Å²) in [5.41, 5.74) is -0.0835. The van der Waals surface area contributed by atoms with Crippen molar-refractivity contribution in [1.82, 2.24) is 5.32 Å². The van der Waals surface area contributed by atoms with Gasteiger partial charge >= 0.3 is 5.69 Å². The molecule has 2 aliphatic rings. The Balaban J connectivity index is 1.88. The zero-order valence-electron chi connectivity index (χ0n) is 11.0. The highest BCUT2D eigenvalue weighted by molar-refractivity contribution is 5.58. The summed E-state index contributed by atoms with van der Waals surface area (Å²) in [6, 6.07) is 2.93. The van der Waals surface area contributed by atoms with E-state index in [0.29, 0.717) is 31.3 Å². The van der Waals surface area contributed by atoms with E-state index in [1.165, 1.54) is 6.07 Å². The van der Waals surface area contributed by atoms with Gasteiger partial charge in [-0.25, -0.2) is 0 Å². The SMILES string of the molecule is O=[N+]([O-])c1cc2c(cc1OC1CCCNC1)OCCO2. The fourth-order valence-corrected chi connectivity index (χ4v) is 2.40. The van der Waals surface area contributed by atoms with Crippen molar-refractivity contribution in [1.29, 1.82) is 0 Å². The topological polar surface area (TPSA) is 82.9 Å². The van der Waals surface area contributed by atoms with Crippen molar-refractivity contribution in [2.45, 2.75) is 18.9 Å². The van der Waals surface area contributed by atoms with E-state index in [0.717, 1.165) is 19.4 Å². The highest BCUT2D eigenvalue weighted by atomic mass is 16.6. The van der Waals surface area contributed by atoms with Crippen LogP contribution in [0, 0.1) is 10.1 Å². The van der Waals surface area contributed by atoms with Crippen molar-refractivity contribution < 1.29 is 19.1 Å². The number of hydrogen-bond donors (Lipinski definition) is 1. The summed E-state index contributed by atoms with van der Waals surface area (Å²) in [5.74, 6) is 1.14. The molecule has 0 amide bonds. The molecule has 1 unspecified atom stereocenters. The molecule has 1 saturated heterocycles. The zero-order valence-corrected chi connectivity index (χ0v) is 11.0. The quantitative estimate of drug-likeness (QED) is 0.667. The number of benzene rings is 1. The summed E-state index contributed by atoms with van der Waals surface area (Å²) >= 11 is 0. The molecule has 7 heteroatoms. The van der Waals surface area contributed by atoms with E-state index in [4.69, 9.17) is 14.2 Å². The first kappa shape index (κ1) is 13.0. The molecule has 3 rings (SSSR count). The molecule has 1 aromatic rings. The van der Waals surface area contributed by atoms with E-state index in [-0.39, 0.29) is 17.5 Å². The van der Waals surface area contributed by atoms with Crippen LogP contribution in [0.1, 0.15) is 12.8 Å². The van der Waals surface area contributed by atoms with Gasteiger partial charge in [0, 0.05) is 12.6 Å². The van der Waals surface area contributed by atoms with Crippen molar-refractivity contribution in [2.75, 3.05) is 26.3 Å². The first-order valence-corrected chi connectivity index (χ1v) is 6.69. The van der Waals surface area contributed by atoms with Gasteiger partial charge in [-0.1, -0.05) is 0 Å². The normalized spacial score (nSPS) is 21.3. The predicted molar refractivity (Wildman–Crippen MR) is 70.6 cm³/mol. The first-order chi connectivity index (χ1) is 9.74. The fraction of sp³-hybridized carbons (Fsp3) is 0.538. The first-order valence-electron chi connectivity index (χ1n) is 6.69. The van der Waals surface area contributed by atoms with Crippen LogP contribution in [0.3, 0.4) is 0 Å². The second-order valence-corrected chi connectivity index (χ2v) is 4.81. The maximum Gasteiger partial charge on any atom is 0.314 e. The molecule has 0 radical (unpaired) electrons. The Morgan fingerprint density at radius 3 is 2.70 bits per heavy atom. The van der Waals surface area contributed by atoms with Gasteiger partial charge in [-0.15, -0.1) is 0 Å². The van der Waals surface area contributed by atoms with Crippen LogP contribution in [0.15, 0.2) is 12.1 Å². The maximum absolute atomic E-state index is 11.2. The molecule has 0 saturated carbocycles. The largest absolute Gasteiger partial charge is 0.486 e. The Morgan fingerprint density at radius 2 is 2.05 bits per heavy atom. The van der Waals surface area contributed by atoms with Gasteiger partial charge in [0.1, 0.15) is 19.3 Å². The third-order valence-electron chi connectivity index (χ3n) is 3.37. The molecule has 1 aromatic carbocycles. The van der Waals surface area contributed by atoms with Gasteiger partial charge in [0.05, 0.1) is 11.0 Å². The van der Waals surface area contributed by atoms with Crippen LogP contribution in [0.25, 0.3) is 0 Å². The molecule has 1 atom stereocenters. The van der Waals surface area contributed by atoms with E-state index in [1.54, 1.807) is 6.07 Å². The molecule has 7 nitrogen and oxygen atoms in total. The van der Waals surface area contributed by atoms with Gasteiger partial charge < -0.3 is 19.5 Å². The summed E-state index contributed by atoms with van der Waals surface area (Å²) in [4.78, 5) is 10.7. The van der Waals surface area contributed by atoms with Crippen molar-refractivity contribution in [2.24, 2.45) is 0 Å². The lowest BCUT2D eigenvalue weighted by molar-refractivity contribution is -0.386. The monoisotopic (exact) mass is 280 g/mol. The Labute approximate surface area is 116 Å². The van der Waals surface area contributed by atoms with E-state index < -0.39 is 4.92 Å². The number of nitro benzene ring substituents is 1. The Hall–Kier alpha value is -2.02. The standard InChI is InChI=1S/C13H16N2O5/c16-15(17)10-6-12-13(19-5-4-18-12)7-11(10)20-9-2-1-3-14-8-9/h6-7,9,14H,1-5,8H2. The zero-order chi connectivity index (χ0) is 13.9. The lowest BCUT2D eigenvalue weighted by Gasteiger charge is -2.25. The highest BCUT2D eigenvalue weighted by Gasteiger charge is 2.26. The van der Waals surface area contributed by atoms with Gasteiger partial charge in [0.15, 0.2) is 11.5 Å². The molecule has 2 heterocycles. The number of nitrogens with one attached hydrogen (secondary N) is 1. The second-order valence-electron chi connectivity index (χ2n) is 4.81. The van der Waals surface area contributed by atoms with Gasteiger partial charge in [0.2, 0.25) is 5.75 Å². The molecule has 1 fully saturated rings. The van der Waals surface area contributed by atoms with Crippen LogP contribution in [-0.2, 0) is 0 Å². The number of rotatable bonds is 3. The van der Waals surface area contributed by atoms with Crippen molar-refractivity contribution in [3.8, 4) is 17.2 Å². The molecule has 0 aromatic heterocycles. The van der Waals surface area contributed by atoms with E-state index >= 15 is 0 Å². The molecule has 2 aliphatic heterocycles. The van der Waals surface area contributed by atoms with Crippen molar-refractivity contribution in [3.05, 3.63) is 22.2 Å². The minimum absolute atomic E-state index is 0.0509. The van der Waals surface area contributed by atoms with Crippen LogP contribution >= 0.6 is 0 Å². The van der Waals surface area contributed by atoms with Gasteiger partial charge in [-0.3, -0.25) is 10.1 Å². The Bertz CT molecular complexity index is 514. The van der Waals surface area contributed by atoms with Crippen LogP contribution < -0.4 is 19.5 Å². The third-order valence-corrected chi connectivity index (χ3v) is 3.37.